The zero-order chi connectivity index (χ0) is 14.1. The first kappa shape index (κ1) is 14.4. The summed E-state index contributed by atoms with van der Waals surface area (Å²) < 4.78 is 23.1. The Bertz CT molecular complexity index is 627. The quantitative estimate of drug-likeness (QED) is 0.855. The lowest BCUT2D eigenvalue weighted by molar-refractivity contribution is 0.0695. The van der Waals surface area contributed by atoms with Crippen LogP contribution in [0.25, 0.3) is 0 Å². The van der Waals surface area contributed by atoms with Gasteiger partial charge in [0, 0.05) is 25.1 Å². The standard InChI is InChI=1S/C11H15NO5S/c1-11(2,18(3,16)17)7-12-6-8(10(14)15)4-5-9(12)13/h4-6H,7H2,1-3H3,(H,14,15). The van der Waals surface area contributed by atoms with Crippen LogP contribution in [0.15, 0.2) is 23.1 Å². The minimum Gasteiger partial charge on any atom is -0.478 e. The molecule has 0 amide bonds. The fourth-order valence-electron chi connectivity index (χ4n) is 1.31. The number of carboxylic acid groups (broad SMARTS) is 1. The summed E-state index contributed by atoms with van der Waals surface area (Å²) in [6.45, 7) is 2.89. The highest BCUT2D eigenvalue weighted by Crippen LogP contribution is 2.17. The number of nitrogens with zero attached hydrogens (tertiary/aromatic N) is 1. The van der Waals surface area contributed by atoms with Crippen LogP contribution >= 0.6 is 0 Å². The average Bonchev–Trinajstić information content (AvgIpc) is 2.18. The van der Waals surface area contributed by atoms with Crippen molar-refractivity contribution < 1.29 is 18.3 Å². The van der Waals surface area contributed by atoms with Gasteiger partial charge in [0.05, 0.1) is 10.3 Å². The molecule has 0 fully saturated rings. The maximum Gasteiger partial charge on any atom is 0.337 e. The van der Waals surface area contributed by atoms with Gasteiger partial charge in [0.15, 0.2) is 9.84 Å². The van der Waals surface area contributed by atoms with Gasteiger partial charge in [0.1, 0.15) is 0 Å². The molecule has 0 bridgehead atoms. The number of sulfone groups is 1. The normalized spacial score (nSPS) is 12.4. The molecule has 18 heavy (non-hydrogen) atoms. The van der Waals surface area contributed by atoms with E-state index >= 15 is 0 Å². The van der Waals surface area contributed by atoms with E-state index in [1.807, 2.05) is 0 Å². The maximum atomic E-state index is 11.6. The van der Waals surface area contributed by atoms with Crippen LogP contribution in [0.2, 0.25) is 0 Å². The molecule has 100 valence electrons. The lowest BCUT2D eigenvalue weighted by Gasteiger charge is -2.23. The van der Waals surface area contributed by atoms with Gasteiger partial charge in [-0.2, -0.15) is 0 Å². The van der Waals surface area contributed by atoms with Crippen LogP contribution in [0.4, 0.5) is 0 Å². The molecule has 0 radical (unpaired) electrons. The second-order valence-electron chi connectivity index (χ2n) is 4.72. The first-order chi connectivity index (χ1) is 8.04. The van der Waals surface area contributed by atoms with Crippen molar-refractivity contribution in [3.8, 4) is 0 Å². The molecule has 0 spiro atoms. The molecule has 1 heterocycles. The molecule has 0 aliphatic rings. The molecular weight excluding hydrogens is 258 g/mol. The van der Waals surface area contributed by atoms with Crippen molar-refractivity contribution in [1.82, 2.24) is 4.57 Å². The Kier molecular flexibility index (Phi) is 3.66. The molecule has 1 aromatic rings. The summed E-state index contributed by atoms with van der Waals surface area (Å²) in [5.41, 5.74) is -0.490. The molecular formula is C11H15NO5S. The Balaban J connectivity index is 3.24. The zero-order valence-electron chi connectivity index (χ0n) is 10.4. The summed E-state index contributed by atoms with van der Waals surface area (Å²) in [5, 5.41) is 8.82. The molecule has 0 saturated carbocycles. The minimum absolute atomic E-state index is 0.0566. The third-order valence-electron chi connectivity index (χ3n) is 2.79. The van der Waals surface area contributed by atoms with Crippen LogP contribution in [0.5, 0.6) is 0 Å². The molecule has 0 aromatic carbocycles. The van der Waals surface area contributed by atoms with E-state index in [0.717, 1.165) is 23.1 Å². The maximum absolute atomic E-state index is 11.6. The first-order valence-electron chi connectivity index (χ1n) is 5.18. The Morgan fingerprint density at radius 2 is 1.94 bits per heavy atom. The summed E-state index contributed by atoms with van der Waals surface area (Å²) in [5.74, 6) is -1.17. The predicted molar refractivity (Wildman–Crippen MR) is 66.6 cm³/mol. The third-order valence-corrected chi connectivity index (χ3v) is 4.92. The summed E-state index contributed by atoms with van der Waals surface area (Å²) in [6, 6.07) is 2.30. The van der Waals surface area contributed by atoms with Gasteiger partial charge in [-0.25, -0.2) is 13.2 Å². The Hall–Kier alpha value is -1.63. The topological polar surface area (TPSA) is 93.4 Å². The lowest BCUT2D eigenvalue weighted by atomic mass is 10.2. The number of hydrogen-bond acceptors (Lipinski definition) is 4. The number of aromatic nitrogens is 1. The highest BCUT2D eigenvalue weighted by molar-refractivity contribution is 7.92. The van der Waals surface area contributed by atoms with Crippen molar-refractivity contribution in [3.63, 3.8) is 0 Å². The monoisotopic (exact) mass is 273 g/mol. The Morgan fingerprint density at radius 1 is 1.39 bits per heavy atom. The number of carbonyl (C=O) groups is 1. The van der Waals surface area contributed by atoms with Gasteiger partial charge in [-0.1, -0.05) is 0 Å². The molecule has 0 aliphatic carbocycles. The van der Waals surface area contributed by atoms with Gasteiger partial charge in [0.2, 0.25) is 0 Å². The molecule has 0 saturated heterocycles. The van der Waals surface area contributed by atoms with Crippen molar-refractivity contribution >= 4 is 15.8 Å². The molecule has 0 unspecified atom stereocenters. The van der Waals surface area contributed by atoms with Crippen molar-refractivity contribution in [2.75, 3.05) is 6.26 Å². The predicted octanol–water partition coefficient (Wildman–Crippen LogP) is 0.370. The Labute approximate surface area is 105 Å². The molecule has 0 aliphatic heterocycles. The van der Waals surface area contributed by atoms with Crippen LogP contribution in [0, 0.1) is 0 Å². The van der Waals surface area contributed by atoms with E-state index in [1.165, 1.54) is 19.9 Å². The summed E-state index contributed by atoms with van der Waals surface area (Å²) in [4.78, 5) is 22.4. The minimum atomic E-state index is -3.36. The fourth-order valence-corrected chi connectivity index (χ4v) is 1.68. The van der Waals surface area contributed by atoms with Crippen LogP contribution in [0.3, 0.4) is 0 Å². The van der Waals surface area contributed by atoms with Gasteiger partial charge < -0.3 is 9.67 Å². The summed E-state index contributed by atoms with van der Waals surface area (Å²) in [7, 11) is -3.36. The number of carboxylic acids is 1. The molecule has 0 atom stereocenters. The summed E-state index contributed by atoms with van der Waals surface area (Å²) >= 11 is 0. The van der Waals surface area contributed by atoms with E-state index in [4.69, 9.17) is 5.11 Å². The number of rotatable bonds is 4. The highest BCUT2D eigenvalue weighted by Gasteiger charge is 2.31. The van der Waals surface area contributed by atoms with Gasteiger partial charge >= 0.3 is 5.97 Å². The van der Waals surface area contributed by atoms with E-state index in [1.54, 1.807) is 0 Å². The molecule has 1 aromatic heterocycles. The van der Waals surface area contributed by atoms with E-state index in [2.05, 4.69) is 0 Å². The van der Waals surface area contributed by atoms with Crippen LogP contribution in [-0.4, -0.2) is 35.1 Å². The highest BCUT2D eigenvalue weighted by atomic mass is 32.2. The second-order valence-corrected chi connectivity index (χ2v) is 7.37. The van der Waals surface area contributed by atoms with E-state index < -0.39 is 26.1 Å². The molecule has 1 N–H and O–H groups in total. The van der Waals surface area contributed by atoms with Crippen LogP contribution in [-0.2, 0) is 16.4 Å². The average molecular weight is 273 g/mol. The van der Waals surface area contributed by atoms with E-state index in [0.29, 0.717) is 0 Å². The fraction of sp³-hybridized carbons (Fsp3) is 0.455. The van der Waals surface area contributed by atoms with E-state index in [9.17, 15) is 18.0 Å². The molecule has 7 heteroatoms. The molecule has 1 rings (SSSR count). The number of aromatic carboxylic acids is 1. The largest absolute Gasteiger partial charge is 0.478 e. The number of hydrogen-bond donors (Lipinski definition) is 1. The van der Waals surface area contributed by atoms with Crippen LogP contribution in [0.1, 0.15) is 24.2 Å². The van der Waals surface area contributed by atoms with Crippen molar-refractivity contribution in [2.24, 2.45) is 0 Å². The van der Waals surface area contributed by atoms with Gasteiger partial charge in [0.25, 0.3) is 5.56 Å². The smallest absolute Gasteiger partial charge is 0.337 e. The van der Waals surface area contributed by atoms with Crippen LogP contribution < -0.4 is 5.56 Å². The SMILES string of the molecule is CC(C)(Cn1cc(C(=O)O)ccc1=O)S(C)(=O)=O. The second kappa shape index (κ2) is 4.56. The van der Waals surface area contributed by atoms with E-state index in [-0.39, 0.29) is 12.1 Å². The number of pyridine rings is 1. The Morgan fingerprint density at radius 3 is 2.39 bits per heavy atom. The molecule has 6 nitrogen and oxygen atoms in total. The van der Waals surface area contributed by atoms with Gasteiger partial charge in [-0.05, 0) is 19.9 Å². The van der Waals surface area contributed by atoms with Crippen molar-refractivity contribution in [2.45, 2.75) is 25.1 Å². The van der Waals surface area contributed by atoms with Crippen molar-refractivity contribution in [1.29, 1.82) is 0 Å². The summed E-state index contributed by atoms with van der Waals surface area (Å²) in [6.07, 6.45) is 2.23. The van der Waals surface area contributed by atoms with Gasteiger partial charge in [-0.3, -0.25) is 4.79 Å². The third kappa shape index (κ3) is 2.98. The van der Waals surface area contributed by atoms with Crippen molar-refractivity contribution in [3.05, 3.63) is 34.2 Å². The zero-order valence-corrected chi connectivity index (χ0v) is 11.2. The first-order valence-corrected chi connectivity index (χ1v) is 7.07. The lowest BCUT2D eigenvalue weighted by Crippen LogP contribution is -2.39. The van der Waals surface area contributed by atoms with Gasteiger partial charge in [-0.15, -0.1) is 0 Å².